The molecule has 2 aromatic rings. The Hall–Kier alpha value is -0.580. The second-order valence-corrected chi connectivity index (χ2v) is 5.90. The zero-order valence-corrected chi connectivity index (χ0v) is 11.0. The second-order valence-electron chi connectivity index (χ2n) is 3.76. The fourth-order valence-corrected chi connectivity index (χ4v) is 3.54. The molecule has 0 radical (unpaired) electrons. The molecule has 0 saturated heterocycles. The van der Waals surface area contributed by atoms with E-state index in [1.54, 1.807) is 11.3 Å². The largest absolute Gasteiger partial charge is 0.327 e. The molecule has 2 nitrogen and oxygen atoms in total. The third-order valence-electron chi connectivity index (χ3n) is 2.42. The fourth-order valence-electron chi connectivity index (χ4n) is 1.40. The number of benzene rings is 1. The topological polar surface area (TPSA) is 38.9 Å². The van der Waals surface area contributed by atoms with Crippen LogP contribution in [0.4, 0.5) is 0 Å². The van der Waals surface area contributed by atoms with Crippen molar-refractivity contribution in [3.8, 4) is 0 Å². The lowest BCUT2D eigenvalue weighted by molar-refractivity contribution is 0.725. The van der Waals surface area contributed by atoms with E-state index in [4.69, 9.17) is 5.73 Å². The molecule has 1 atom stereocenters. The smallest absolute Gasteiger partial charge is 0.104 e. The molecule has 1 aromatic heterocycles. The van der Waals surface area contributed by atoms with Gasteiger partial charge in [0, 0.05) is 17.5 Å². The molecule has 1 aromatic carbocycles. The number of thioether (sulfide) groups is 1. The van der Waals surface area contributed by atoms with Crippen molar-refractivity contribution < 1.29 is 0 Å². The van der Waals surface area contributed by atoms with Gasteiger partial charge >= 0.3 is 0 Å². The molecule has 2 N–H and O–H groups in total. The fraction of sp³-hybridized carbons (Fsp3) is 0.417. The predicted octanol–water partition coefficient (Wildman–Crippen LogP) is 3.27. The Morgan fingerprint density at radius 3 is 3.00 bits per heavy atom. The van der Waals surface area contributed by atoms with Gasteiger partial charge in [-0.15, -0.1) is 11.3 Å². The van der Waals surface area contributed by atoms with Gasteiger partial charge in [-0.1, -0.05) is 19.1 Å². The quantitative estimate of drug-likeness (QED) is 0.887. The average molecular weight is 252 g/mol. The van der Waals surface area contributed by atoms with Crippen molar-refractivity contribution in [1.29, 1.82) is 0 Å². The molecule has 4 heteroatoms. The summed E-state index contributed by atoms with van der Waals surface area (Å²) >= 11 is 3.66. The van der Waals surface area contributed by atoms with Crippen LogP contribution in [0.5, 0.6) is 0 Å². The molecule has 0 saturated carbocycles. The highest BCUT2D eigenvalue weighted by Crippen LogP contribution is 2.24. The molecular weight excluding hydrogens is 236 g/mol. The number of rotatable bonds is 5. The Labute approximate surface area is 104 Å². The predicted molar refractivity (Wildman–Crippen MR) is 74.0 cm³/mol. The summed E-state index contributed by atoms with van der Waals surface area (Å²) in [7, 11) is 0. The Morgan fingerprint density at radius 1 is 1.44 bits per heavy atom. The standard InChI is InChI=1S/C12H16N2S2/c1-2-9(13)7-15-8-12-14-10-5-3-4-6-11(10)16-12/h3-6,9H,2,7-8,13H2,1H3. The van der Waals surface area contributed by atoms with Gasteiger partial charge in [-0.3, -0.25) is 0 Å². The van der Waals surface area contributed by atoms with Crippen LogP contribution in [0.2, 0.25) is 0 Å². The Kier molecular flexibility index (Phi) is 4.21. The van der Waals surface area contributed by atoms with Gasteiger partial charge in [-0.25, -0.2) is 4.98 Å². The van der Waals surface area contributed by atoms with Gasteiger partial charge < -0.3 is 5.73 Å². The number of nitrogens with zero attached hydrogens (tertiary/aromatic N) is 1. The van der Waals surface area contributed by atoms with Gasteiger partial charge in [-0.2, -0.15) is 11.8 Å². The van der Waals surface area contributed by atoms with Crippen LogP contribution in [-0.2, 0) is 5.75 Å². The number of hydrogen-bond acceptors (Lipinski definition) is 4. The van der Waals surface area contributed by atoms with E-state index < -0.39 is 0 Å². The lowest BCUT2D eigenvalue weighted by atomic mass is 10.3. The van der Waals surface area contributed by atoms with E-state index in [0.717, 1.165) is 23.4 Å². The van der Waals surface area contributed by atoms with Crippen LogP contribution < -0.4 is 5.73 Å². The van der Waals surface area contributed by atoms with E-state index in [0.29, 0.717) is 6.04 Å². The number of hydrogen-bond donors (Lipinski definition) is 1. The maximum Gasteiger partial charge on any atom is 0.104 e. The third kappa shape index (κ3) is 2.97. The van der Waals surface area contributed by atoms with Crippen LogP contribution >= 0.6 is 23.1 Å². The summed E-state index contributed by atoms with van der Waals surface area (Å²) in [5.74, 6) is 2.00. The van der Waals surface area contributed by atoms with Crippen molar-refractivity contribution in [1.82, 2.24) is 4.98 Å². The first-order valence-electron chi connectivity index (χ1n) is 5.47. The van der Waals surface area contributed by atoms with Crippen LogP contribution in [0.3, 0.4) is 0 Å². The van der Waals surface area contributed by atoms with Crippen LogP contribution in [0.1, 0.15) is 18.4 Å². The minimum atomic E-state index is 0.319. The summed E-state index contributed by atoms with van der Waals surface area (Å²) in [4.78, 5) is 4.59. The molecule has 0 aliphatic carbocycles. The van der Waals surface area contributed by atoms with Crippen LogP contribution in [0.15, 0.2) is 24.3 Å². The number of nitrogens with two attached hydrogens (primary N) is 1. The van der Waals surface area contributed by atoms with Gasteiger partial charge in [0.25, 0.3) is 0 Å². The molecular formula is C12H16N2S2. The van der Waals surface area contributed by atoms with Crippen molar-refractivity contribution in [3.05, 3.63) is 29.3 Å². The summed E-state index contributed by atoms with van der Waals surface area (Å²) in [6, 6.07) is 8.60. The van der Waals surface area contributed by atoms with Gasteiger partial charge in [0.15, 0.2) is 0 Å². The molecule has 86 valence electrons. The lowest BCUT2D eigenvalue weighted by Gasteiger charge is -2.05. The molecule has 0 bridgehead atoms. The normalized spacial score (nSPS) is 13.1. The zero-order chi connectivity index (χ0) is 11.4. The highest BCUT2D eigenvalue weighted by molar-refractivity contribution is 7.98. The summed E-state index contributed by atoms with van der Waals surface area (Å²) < 4.78 is 1.28. The van der Waals surface area contributed by atoms with E-state index in [-0.39, 0.29) is 0 Å². The van der Waals surface area contributed by atoms with E-state index in [1.165, 1.54) is 9.71 Å². The van der Waals surface area contributed by atoms with Crippen LogP contribution in [0, 0.1) is 0 Å². The lowest BCUT2D eigenvalue weighted by Crippen LogP contribution is -2.21. The second kappa shape index (κ2) is 5.66. The molecule has 0 fully saturated rings. The van der Waals surface area contributed by atoms with E-state index in [9.17, 15) is 0 Å². The van der Waals surface area contributed by atoms with E-state index in [2.05, 4.69) is 30.1 Å². The first-order chi connectivity index (χ1) is 7.79. The van der Waals surface area contributed by atoms with Crippen molar-refractivity contribution in [2.45, 2.75) is 25.1 Å². The van der Waals surface area contributed by atoms with Gasteiger partial charge in [0.1, 0.15) is 5.01 Å². The highest BCUT2D eigenvalue weighted by atomic mass is 32.2. The summed E-state index contributed by atoms with van der Waals surface area (Å²) in [5, 5.41) is 1.20. The minimum absolute atomic E-state index is 0.319. The SMILES string of the molecule is CCC(N)CSCc1nc2ccccc2s1. The maximum absolute atomic E-state index is 5.87. The number of thiazole rings is 1. The van der Waals surface area contributed by atoms with Gasteiger partial charge in [-0.05, 0) is 18.6 Å². The summed E-state index contributed by atoms with van der Waals surface area (Å²) in [6.07, 6.45) is 1.05. The van der Waals surface area contributed by atoms with Crippen molar-refractivity contribution in [2.24, 2.45) is 5.73 Å². The molecule has 0 amide bonds. The molecule has 0 aliphatic rings. The Bertz CT molecular complexity index is 420. The average Bonchev–Trinajstić information content (AvgIpc) is 2.71. The molecule has 1 unspecified atom stereocenters. The summed E-state index contributed by atoms with van der Waals surface area (Å²) in [6.45, 7) is 2.13. The first-order valence-corrected chi connectivity index (χ1v) is 7.44. The van der Waals surface area contributed by atoms with E-state index in [1.807, 2.05) is 17.8 Å². The summed E-state index contributed by atoms with van der Waals surface area (Å²) in [5.41, 5.74) is 6.99. The van der Waals surface area contributed by atoms with Crippen LogP contribution in [0.25, 0.3) is 10.2 Å². The van der Waals surface area contributed by atoms with Crippen molar-refractivity contribution in [3.63, 3.8) is 0 Å². The Morgan fingerprint density at radius 2 is 2.25 bits per heavy atom. The van der Waals surface area contributed by atoms with Crippen LogP contribution in [-0.4, -0.2) is 16.8 Å². The van der Waals surface area contributed by atoms with E-state index >= 15 is 0 Å². The number of para-hydroxylation sites is 1. The first kappa shape index (κ1) is 11.9. The maximum atomic E-state index is 5.87. The number of fused-ring (bicyclic) bond motifs is 1. The van der Waals surface area contributed by atoms with Crippen molar-refractivity contribution >= 4 is 33.3 Å². The number of aromatic nitrogens is 1. The van der Waals surface area contributed by atoms with Crippen molar-refractivity contribution in [2.75, 3.05) is 5.75 Å². The van der Waals surface area contributed by atoms with Gasteiger partial charge in [0.2, 0.25) is 0 Å². The molecule has 1 heterocycles. The molecule has 0 aliphatic heterocycles. The molecule has 16 heavy (non-hydrogen) atoms. The minimum Gasteiger partial charge on any atom is -0.327 e. The highest BCUT2D eigenvalue weighted by Gasteiger charge is 2.04. The molecule has 2 rings (SSSR count). The zero-order valence-electron chi connectivity index (χ0n) is 9.35. The van der Waals surface area contributed by atoms with Gasteiger partial charge in [0.05, 0.1) is 10.2 Å². The monoisotopic (exact) mass is 252 g/mol. The Balaban J connectivity index is 1.94. The molecule has 0 spiro atoms. The third-order valence-corrected chi connectivity index (χ3v) is 4.78.